The Kier molecular flexibility index (Phi) is 5.56. The Balaban J connectivity index is 2.32. The minimum absolute atomic E-state index is 0.111. The molecular formula is C13H18O2S. The quantitative estimate of drug-likeness (QED) is 0.826. The lowest BCUT2D eigenvalue weighted by molar-refractivity contribution is -0.116. The maximum absolute atomic E-state index is 11.6. The number of benzene rings is 1. The molecule has 0 bridgehead atoms. The predicted octanol–water partition coefficient (Wildman–Crippen LogP) is 2.30. The van der Waals surface area contributed by atoms with E-state index < -0.39 is 0 Å². The number of hydrogen-bond acceptors (Lipinski definition) is 3. The van der Waals surface area contributed by atoms with Crippen molar-refractivity contribution in [1.29, 1.82) is 0 Å². The van der Waals surface area contributed by atoms with Crippen LogP contribution in [0.5, 0.6) is 0 Å². The molecular weight excluding hydrogens is 220 g/mol. The first-order chi connectivity index (χ1) is 7.59. The van der Waals surface area contributed by atoms with Gasteiger partial charge in [-0.1, -0.05) is 37.3 Å². The zero-order valence-electron chi connectivity index (χ0n) is 9.72. The molecule has 0 heterocycles. The summed E-state index contributed by atoms with van der Waals surface area (Å²) in [7, 11) is 0. The molecule has 0 aliphatic heterocycles. The van der Waals surface area contributed by atoms with E-state index in [1.807, 2.05) is 37.3 Å². The maximum Gasteiger partial charge on any atom is 0.147 e. The lowest BCUT2D eigenvalue weighted by atomic mass is 10.1. The van der Waals surface area contributed by atoms with Crippen LogP contribution in [0.1, 0.15) is 19.4 Å². The fraction of sp³-hybridized carbons (Fsp3) is 0.462. The van der Waals surface area contributed by atoms with Gasteiger partial charge in [0.2, 0.25) is 0 Å². The van der Waals surface area contributed by atoms with Gasteiger partial charge in [-0.15, -0.1) is 11.8 Å². The molecule has 88 valence electrons. The highest BCUT2D eigenvalue weighted by Gasteiger charge is 2.11. The fourth-order valence-corrected chi connectivity index (χ4v) is 2.07. The summed E-state index contributed by atoms with van der Waals surface area (Å²) in [6, 6.07) is 9.74. The number of aliphatic hydroxyl groups excluding tert-OH is 1. The molecule has 2 nitrogen and oxygen atoms in total. The third kappa shape index (κ3) is 4.81. The van der Waals surface area contributed by atoms with Crippen LogP contribution in [-0.2, 0) is 11.2 Å². The van der Waals surface area contributed by atoms with E-state index in [1.54, 1.807) is 6.92 Å². The average molecular weight is 238 g/mol. The van der Waals surface area contributed by atoms with Crippen molar-refractivity contribution in [2.75, 3.05) is 5.75 Å². The zero-order chi connectivity index (χ0) is 12.0. The number of ketones is 1. The van der Waals surface area contributed by atoms with Gasteiger partial charge in [0.1, 0.15) is 5.78 Å². The van der Waals surface area contributed by atoms with Crippen LogP contribution in [0.15, 0.2) is 30.3 Å². The molecule has 0 saturated carbocycles. The van der Waals surface area contributed by atoms with E-state index in [2.05, 4.69) is 0 Å². The Morgan fingerprint density at radius 1 is 1.31 bits per heavy atom. The van der Waals surface area contributed by atoms with Crippen LogP contribution in [0.4, 0.5) is 0 Å². The second-order valence-corrected chi connectivity index (χ2v) is 5.32. The first-order valence-corrected chi connectivity index (χ1v) is 6.49. The Morgan fingerprint density at radius 3 is 2.50 bits per heavy atom. The van der Waals surface area contributed by atoms with Crippen LogP contribution in [-0.4, -0.2) is 28.0 Å². The normalized spacial score (nSPS) is 14.4. The molecule has 0 aliphatic rings. The second-order valence-electron chi connectivity index (χ2n) is 3.96. The monoisotopic (exact) mass is 238 g/mol. The van der Waals surface area contributed by atoms with Crippen molar-refractivity contribution >= 4 is 17.5 Å². The van der Waals surface area contributed by atoms with E-state index in [4.69, 9.17) is 0 Å². The molecule has 3 heteroatoms. The van der Waals surface area contributed by atoms with Crippen molar-refractivity contribution in [1.82, 2.24) is 0 Å². The maximum atomic E-state index is 11.6. The molecule has 2 unspecified atom stereocenters. The lowest BCUT2D eigenvalue weighted by Crippen LogP contribution is -2.18. The van der Waals surface area contributed by atoms with Crippen molar-refractivity contribution in [3.05, 3.63) is 35.9 Å². The third-order valence-corrected chi connectivity index (χ3v) is 3.84. The van der Waals surface area contributed by atoms with Gasteiger partial charge in [0.05, 0.1) is 11.9 Å². The highest BCUT2D eigenvalue weighted by atomic mass is 32.2. The third-order valence-electron chi connectivity index (χ3n) is 2.43. The summed E-state index contributed by atoms with van der Waals surface area (Å²) in [5, 5.41) is 9.40. The first-order valence-electron chi connectivity index (χ1n) is 5.45. The Morgan fingerprint density at radius 2 is 1.94 bits per heavy atom. The molecule has 0 radical (unpaired) electrons. The summed E-state index contributed by atoms with van der Waals surface area (Å²) in [4.78, 5) is 11.6. The number of Topliss-reactive ketones (excluding diaryl/α,β-unsaturated/α-hetero) is 1. The summed E-state index contributed by atoms with van der Waals surface area (Å²) < 4.78 is 0. The molecule has 1 aromatic carbocycles. The smallest absolute Gasteiger partial charge is 0.147 e. The first kappa shape index (κ1) is 13.3. The molecule has 0 fully saturated rings. The summed E-state index contributed by atoms with van der Waals surface area (Å²) in [6.45, 7) is 3.68. The van der Waals surface area contributed by atoms with Crippen LogP contribution in [0.3, 0.4) is 0 Å². The van der Waals surface area contributed by atoms with Gasteiger partial charge in [0.15, 0.2) is 0 Å². The Hall–Kier alpha value is -0.800. The number of hydrogen-bond donors (Lipinski definition) is 1. The molecule has 0 aromatic heterocycles. The van der Waals surface area contributed by atoms with Crippen molar-refractivity contribution in [3.63, 3.8) is 0 Å². The molecule has 1 rings (SSSR count). The van der Waals surface area contributed by atoms with Crippen LogP contribution in [0.2, 0.25) is 0 Å². The van der Waals surface area contributed by atoms with E-state index in [1.165, 1.54) is 11.8 Å². The van der Waals surface area contributed by atoms with Gasteiger partial charge in [0, 0.05) is 11.7 Å². The molecule has 0 amide bonds. The van der Waals surface area contributed by atoms with Crippen molar-refractivity contribution in [2.45, 2.75) is 31.6 Å². The zero-order valence-corrected chi connectivity index (χ0v) is 10.5. The van der Waals surface area contributed by atoms with E-state index in [9.17, 15) is 9.90 Å². The largest absolute Gasteiger partial charge is 0.392 e. The van der Waals surface area contributed by atoms with E-state index >= 15 is 0 Å². The molecule has 0 spiro atoms. The molecule has 2 atom stereocenters. The minimum Gasteiger partial charge on any atom is -0.392 e. The van der Waals surface area contributed by atoms with Gasteiger partial charge in [0.25, 0.3) is 0 Å². The number of carbonyl (C=O) groups is 1. The van der Waals surface area contributed by atoms with Crippen molar-refractivity contribution in [3.8, 4) is 0 Å². The van der Waals surface area contributed by atoms with Gasteiger partial charge < -0.3 is 5.11 Å². The summed E-state index contributed by atoms with van der Waals surface area (Å²) in [5.74, 6) is 0.685. The summed E-state index contributed by atoms with van der Waals surface area (Å²) >= 11 is 1.51. The van der Waals surface area contributed by atoms with Crippen molar-refractivity contribution < 1.29 is 9.90 Å². The van der Waals surface area contributed by atoms with Gasteiger partial charge in [-0.2, -0.15) is 0 Å². The van der Waals surface area contributed by atoms with Crippen LogP contribution < -0.4 is 0 Å². The highest BCUT2D eigenvalue weighted by Crippen LogP contribution is 2.14. The second kappa shape index (κ2) is 6.71. The van der Waals surface area contributed by atoms with Gasteiger partial charge >= 0.3 is 0 Å². The summed E-state index contributed by atoms with van der Waals surface area (Å²) in [5.41, 5.74) is 1.05. The number of carbonyl (C=O) groups excluding carboxylic acids is 1. The van der Waals surface area contributed by atoms with E-state index in [0.717, 1.165) is 5.56 Å². The van der Waals surface area contributed by atoms with Crippen LogP contribution in [0.25, 0.3) is 0 Å². The topological polar surface area (TPSA) is 37.3 Å². The minimum atomic E-state index is -0.366. The molecule has 1 N–H and O–H groups in total. The Bertz CT molecular complexity index is 322. The van der Waals surface area contributed by atoms with Crippen LogP contribution in [0, 0.1) is 0 Å². The average Bonchev–Trinajstić information content (AvgIpc) is 2.27. The number of aliphatic hydroxyl groups is 1. The van der Waals surface area contributed by atoms with Gasteiger partial charge in [-0.25, -0.2) is 0 Å². The number of rotatable bonds is 6. The van der Waals surface area contributed by atoms with Crippen molar-refractivity contribution in [2.24, 2.45) is 0 Å². The summed E-state index contributed by atoms with van der Waals surface area (Å²) in [6.07, 6.45) is 0.120. The predicted molar refractivity (Wildman–Crippen MR) is 68.8 cm³/mol. The fourth-order valence-electron chi connectivity index (χ4n) is 1.24. The van der Waals surface area contributed by atoms with Gasteiger partial charge in [-0.05, 0) is 12.5 Å². The highest BCUT2D eigenvalue weighted by molar-refractivity contribution is 8.00. The van der Waals surface area contributed by atoms with Gasteiger partial charge in [-0.3, -0.25) is 4.79 Å². The van der Waals surface area contributed by atoms with Crippen LogP contribution >= 0.6 is 11.8 Å². The lowest BCUT2D eigenvalue weighted by Gasteiger charge is -2.13. The molecule has 1 aromatic rings. The Labute approximate surface area is 101 Å². The molecule has 0 saturated heterocycles. The number of thioether (sulfide) groups is 1. The molecule has 16 heavy (non-hydrogen) atoms. The standard InChI is InChI=1S/C13H18O2S/c1-10(14)11(2)16-9-13(15)8-12-6-4-3-5-7-12/h3-7,10-11,14H,8-9H2,1-2H3. The van der Waals surface area contributed by atoms with E-state index in [0.29, 0.717) is 12.2 Å². The SMILES string of the molecule is CC(O)C(C)SCC(=O)Cc1ccccc1. The molecule has 0 aliphatic carbocycles. The van der Waals surface area contributed by atoms with E-state index in [-0.39, 0.29) is 17.1 Å².